The number of carbonyl (C=O) groups excluding carboxylic acids is 3. The maximum Gasteiger partial charge on any atom is 0.265 e. The molecule has 33 heavy (non-hydrogen) atoms. The standard InChI is InChI=1S/C22H22N4O5S2/c1-14(26-33(30,31)19-11-9-16(10-12-19)23-15(2)27)21(28)24-17-5-7-18(8-6-17)25-22(29)20-4-3-13-32-20/h3-14,26H,1-2H3,(H,23,27)(H,24,28)(H,25,29)/t14-/m0/s1. The molecule has 0 aliphatic rings. The van der Waals surface area contributed by atoms with Gasteiger partial charge in [0.15, 0.2) is 0 Å². The molecular weight excluding hydrogens is 464 g/mol. The molecule has 0 bridgehead atoms. The highest BCUT2D eigenvalue weighted by molar-refractivity contribution is 7.89. The van der Waals surface area contributed by atoms with Gasteiger partial charge in [-0.1, -0.05) is 6.07 Å². The van der Waals surface area contributed by atoms with E-state index in [0.29, 0.717) is 21.9 Å². The van der Waals surface area contributed by atoms with Crippen LogP contribution in [0.15, 0.2) is 70.9 Å². The lowest BCUT2D eigenvalue weighted by Gasteiger charge is -2.15. The van der Waals surface area contributed by atoms with Gasteiger partial charge in [-0.05, 0) is 66.9 Å². The molecule has 3 rings (SSSR count). The minimum absolute atomic E-state index is 0.0397. The molecule has 1 heterocycles. The molecular formula is C22H22N4O5S2. The molecule has 2 aromatic carbocycles. The minimum Gasteiger partial charge on any atom is -0.326 e. The number of hydrogen-bond acceptors (Lipinski definition) is 6. The molecule has 1 aromatic heterocycles. The summed E-state index contributed by atoms with van der Waals surface area (Å²) < 4.78 is 27.4. The molecule has 0 spiro atoms. The summed E-state index contributed by atoms with van der Waals surface area (Å²) in [7, 11) is -3.95. The van der Waals surface area contributed by atoms with E-state index in [4.69, 9.17) is 0 Å². The van der Waals surface area contributed by atoms with Gasteiger partial charge in [-0.25, -0.2) is 8.42 Å². The highest BCUT2D eigenvalue weighted by atomic mass is 32.2. The number of hydrogen-bond donors (Lipinski definition) is 4. The summed E-state index contributed by atoms with van der Waals surface area (Å²) in [5.41, 5.74) is 1.46. The fourth-order valence-corrected chi connectivity index (χ4v) is 4.58. The van der Waals surface area contributed by atoms with Crippen molar-refractivity contribution in [1.82, 2.24) is 4.72 Å². The Morgan fingerprint density at radius 2 is 1.36 bits per heavy atom. The van der Waals surface area contributed by atoms with Crippen molar-refractivity contribution in [2.75, 3.05) is 16.0 Å². The van der Waals surface area contributed by atoms with Crippen LogP contribution in [0.4, 0.5) is 17.1 Å². The van der Waals surface area contributed by atoms with Gasteiger partial charge in [-0.2, -0.15) is 4.72 Å². The van der Waals surface area contributed by atoms with Crippen molar-refractivity contribution >= 4 is 56.1 Å². The summed E-state index contributed by atoms with van der Waals surface area (Å²) in [6.07, 6.45) is 0. The van der Waals surface area contributed by atoms with Gasteiger partial charge in [-0.15, -0.1) is 11.3 Å². The second-order valence-electron chi connectivity index (χ2n) is 7.05. The molecule has 3 aromatic rings. The van der Waals surface area contributed by atoms with E-state index in [1.54, 1.807) is 36.4 Å². The Bertz CT molecular complexity index is 1240. The second kappa shape index (κ2) is 10.4. The first kappa shape index (κ1) is 24.1. The third kappa shape index (κ3) is 6.72. The maximum absolute atomic E-state index is 12.6. The van der Waals surface area contributed by atoms with Crippen molar-refractivity contribution in [3.8, 4) is 0 Å². The van der Waals surface area contributed by atoms with Gasteiger partial charge < -0.3 is 16.0 Å². The normalized spacial score (nSPS) is 11.9. The number of rotatable bonds is 8. The van der Waals surface area contributed by atoms with Crippen LogP contribution < -0.4 is 20.7 Å². The molecule has 0 saturated carbocycles. The summed E-state index contributed by atoms with van der Waals surface area (Å²) in [5, 5.41) is 9.75. The highest BCUT2D eigenvalue weighted by Gasteiger charge is 2.22. The Morgan fingerprint density at radius 1 is 0.818 bits per heavy atom. The SMILES string of the molecule is CC(=O)Nc1ccc(S(=O)(=O)N[C@@H](C)C(=O)Nc2ccc(NC(=O)c3cccs3)cc2)cc1. The van der Waals surface area contributed by atoms with Crippen molar-refractivity contribution in [3.05, 3.63) is 70.9 Å². The van der Waals surface area contributed by atoms with Crippen LogP contribution in [-0.4, -0.2) is 32.2 Å². The number of carbonyl (C=O) groups is 3. The predicted octanol–water partition coefficient (Wildman–Crippen LogP) is 3.26. The van der Waals surface area contributed by atoms with Gasteiger partial charge in [-0.3, -0.25) is 14.4 Å². The van der Waals surface area contributed by atoms with Crippen LogP contribution in [-0.2, 0) is 19.6 Å². The van der Waals surface area contributed by atoms with Crippen LogP contribution in [0.1, 0.15) is 23.5 Å². The fraction of sp³-hybridized carbons (Fsp3) is 0.136. The lowest BCUT2D eigenvalue weighted by atomic mass is 10.2. The van der Waals surface area contributed by atoms with Crippen LogP contribution in [0.25, 0.3) is 0 Å². The Balaban J connectivity index is 1.57. The zero-order valence-electron chi connectivity index (χ0n) is 17.8. The van der Waals surface area contributed by atoms with Crippen LogP contribution in [0.5, 0.6) is 0 Å². The molecule has 9 nitrogen and oxygen atoms in total. The quantitative estimate of drug-likeness (QED) is 0.388. The zero-order valence-corrected chi connectivity index (χ0v) is 19.4. The average molecular weight is 487 g/mol. The Labute approximate surface area is 195 Å². The Hall–Kier alpha value is -3.54. The van der Waals surface area contributed by atoms with E-state index < -0.39 is 22.0 Å². The molecule has 0 fully saturated rings. The molecule has 0 radical (unpaired) electrons. The summed E-state index contributed by atoms with van der Waals surface area (Å²) in [6, 6.07) is 14.5. The molecule has 0 aliphatic carbocycles. The number of amides is 3. The summed E-state index contributed by atoms with van der Waals surface area (Å²) in [5.74, 6) is -1.05. The second-order valence-corrected chi connectivity index (χ2v) is 9.71. The molecule has 172 valence electrons. The van der Waals surface area contributed by atoms with Gasteiger partial charge in [0.2, 0.25) is 21.8 Å². The molecule has 0 unspecified atom stereocenters. The first-order valence-corrected chi connectivity index (χ1v) is 12.2. The van der Waals surface area contributed by atoms with E-state index in [0.717, 1.165) is 0 Å². The van der Waals surface area contributed by atoms with E-state index in [1.807, 2.05) is 5.38 Å². The van der Waals surface area contributed by atoms with Crippen molar-refractivity contribution in [3.63, 3.8) is 0 Å². The van der Waals surface area contributed by atoms with E-state index in [2.05, 4.69) is 20.7 Å². The maximum atomic E-state index is 12.6. The highest BCUT2D eigenvalue weighted by Crippen LogP contribution is 2.17. The Morgan fingerprint density at radius 3 is 1.91 bits per heavy atom. The topological polar surface area (TPSA) is 133 Å². The third-order valence-corrected chi connectivity index (χ3v) is 6.79. The smallest absolute Gasteiger partial charge is 0.265 e. The fourth-order valence-electron chi connectivity index (χ4n) is 2.76. The average Bonchev–Trinajstić information content (AvgIpc) is 3.30. The van der Waals surface area contributed by atoms with Gasteiger partial charge in [0.05, 0.1) is 15.8 Å². The van der Waals surface area contributed by atoms with Crippen molar-refractivity contribution in [2.45, 2.75) is 24.8 Å². The Kier molecular flexibility index (Phi) is 7.59. The minimum atomic E-state index is -3.95. The van der Waals surface area contributed by atoms with E-state index in [1.165, 1.54) is 49.4 Å². The van der Waals surface area contributed by atoms with E-state index in [9.17, 15) is 22.8 Å². The number of benzene rings is 2. The van der Waals surface area contributed by atoms with Crippen LogP contribution in [0, 0.1) is 0 Å². The van der Waals surface area contributed by atoms with Gasteiger partial charge in [0.1, 0.15) is 0 Å². The van der Waals surface area contributed by atoms with Crippen LogP contribution >= 0.6 is 11.3 Å². The van der Waals surface area contributed by atoms with Crippen molar-refractivity contribution in [2.24, 2.45) is 0 Å². The molecule has 11 heteroatoms. The zero-order chi connectivity index (χ0) is 24.0. The third-order valence-electron chi connectivity index (χ3n) is 4.37. The first-order valence-electron chi connectivity index (χ1n) is 9.80. The van der Waals surface area contributed by atoms with Crippen molar-refractivity contribution < 1.29 is 22.8 Å². The molecule has 1 atom stereocenters. The molecule has 4 N–H and O–H groups in total. The number of anilines is 3. The lowest BCUT2D eigenvalue weighted by molar-refractivity contribution is -0.117. The summed E-state index contributed by atoms with van der Waals surface area (Å²) >= 11 is 1.33. The first-order chi connectivity index (χ1) is 15.6. The van der Waals surface area contributed by atoms with Crippen LogP contribution in [0.2, 0.25) is 0 Å². The van der Waals surface area contributed by atoms with Gasteiger partial charge >= 0.3 is 0 Å². The summed E-state index contributed by atoms with van der Waals surface area (Å²) in [4.78, 5) is 36.2. The van der Waals surface area contributed by atoms with Crippen LogP contribution in [0.3, 0.4) is 0 Å². The van der Waals surface area contributed by atoms with Gasteiger partial charge in [0.25, 0.3) is 5.91 Å². The molecule has 0 saturated heterocycles. The number of sulfonamides is 1. The number of nitrogens with one attached hydrogen (secondary N) is 4. The van der Waals surface area contributed by atoms with Crippen molar-refractivity contribution in [1.29, 1.82) is 0 Å². The van der Waals surface area contributed by atoms with Gasteiger partial charge in [0, 0.05) is 24.0 Å². The number of thiophene rings is 1. The molecule has 0 aliphatic heterocycles. The van der Waals surface area contributed by atoms with E-state index >= 15 is 0 Å². The van der Waals surface area contributed by atoms with E-state index in [-0.39, 0.29) is 16.7 Å². The largest absolute Gasteiger partial charge is 0.326 e. The summed E-state index contributed by atoms with van der Waals surface area (Å²) in [6.45, 7) is 2.77. The lowest BCUT2D eigenvalue weighted by Crippen LogP contribution is -2.41. The monoisotopic (exact) mass is 486 g/mol. The predicted molar refractivity (Wildman–Crippen MR) is 128 cm³/mol. The molecule has 3 amide bonds.